The van der Waals surface area contributed by atoms with Gasteiger partial charge in [0, 0.05) is 32.7 Å². The molecule has 0 saturated carbocycles. The number of ether oxygens (including phenoxy) is 2. The number of carbonyl (C=O) groups excluding carboxylic acids is 1. The molecular formula is C15H30O3. The Bertz CT molecular complexity index is 206. The van der Waals surface area contributed by atoms with E-state index in [1.807, 2.05) is 20.8 Å². The van der Waals surface area contributed by atoms with Gasteiger partial charge in [-0.1, -0.05) is 6.92 Å². The molecule has 0 spiro atoms. The van der Waals surface area contributed by atoms with Crippen LogP contribution in [0.5, 0.6) is 0 Å². The van der Waals surface area contributed by atoms with Gasteiger partial charge in [0.25, 0.3) is 0 Å². The minimum atomic E-state index is -0.0976. The molecule has 0 amide bonds. The maximum Gasteiger partial charge on any atom is 0.133 e. The van der Waals surface area contributed by atoms with Crippen LogP contribution in [-0.2, 0) is 14.3 Å². The zero-order chi connectivity index (χ0) is 13.9. The molecule has 108 valence electrons. The SMILES string of the molecule is CCCOCCCCC(=O)CCCOC(C)(C)C. The second-order valence-electron chi connectivity index (χ2n) is 5.67. The van der Waals surface area contributed by atoms with E-state index in [0.29, 0.717) is 25.2 Å². The first-order valence-corrected chi connectivity index (χ1v) is 7.19. The van der Waals surface area contributed by atoms with E-state index in [-0.39, 0.29) is 5.60 Å². The summed E-state index contributed by atoms with van der Waals surface area (Å²) in [6.07, 6.45) is 5.17. The summed E-state index contributed by atoms with van der Waals surface area (Å²) in [6, 6.07) is 0. The molecule has 0 fully saturated rings. The Balaban J connectivity index is 3.28. The summed E-state index contributed by atoms with van der Waals surface area (Å²) >= 11 is 0. The smallest absolute Gasteiger partial charge is 0.133 e. The highest BCUT2D eigenvalue weighted by Gasteiger charge is 2.09. The number of unbranched alkanes of at least 4 members (excludes halogenated alkanes) is 1. The van der Waals surface area contributed by atoms with Crippen LogP contribution < -0.4 is 0 Å². The number of rotatable bonds is 11. The first-order chi connectivity index (χ1) is 8.45. The van der Waals surface area contributed by atoms with Gasteiger partial charge in [0.05, 0.1) is 5.60 Å². The molecule has 3 heteroatoms. The Hall–Kier alpha value is -0.410. The van der Waals surface area contributed by atoms with Crippen LogP contribution in [0.15, 0.2) is 0 Å². The average molecular weight is 258 g/mol. The molecule has 18 heavy (non-hydrogen) atoms. The fourth-order valence-corrected chi connectivity index (χ4v) is 1.55. The van der Waals surface area contributed by atoms with E-state index in [1.165, 1.54) is 0 Å². The zero-order valence-corrected chi connectivity index (χ0v) is 12.6. The normalized spacial score (nSPS) is 11.8. The number of hydrogen-bond donors (Lipinski definition) is 0. The lowest BCUT2D eigenvalue weighted by atomic mass is 10.1. The van der Waals surface area contributed by atoms with Gasteiger partial charge >= 0.3 is 0 Å². The fraction of sp³-hybridized carbons (Fsp3) is 0.933. The van der Waals surface area contributed by atoms with Crippen LogP contribution in [0.2, 0.25) is 0 Å². The molecule has 0 heterocycles. The maximum absolute atomic E-state index is 11.6. The summed E-state index contributed by atoms with van der Waals surface area (Å²) in [5.41, 5.74) is -0.0976. The largest absolute Gasteiger partial charge is 0.381 e. The van der Waals surface area contributed by atoms with Crippen LogP contribution >= 0.6 is 0 Å². The second kappa shape index (κ2) is 10.5. The van der Waals surface area contributed by atoms with Gasteiger partial charge in [-0.25, -0.2) is 0 Å². The quantitative estimate of drug-likeness (QED) is 0.529. The van der Waals surface area contributed by atoms with Crippen molar-refractivity contribution in [2.75, 3.05) is 19.8 Å². The summed E-state index contributed by atoms with van der Waals surface area (Å²) in [5, 5.41) is 0. The molecule has 0 aromatic carbocycles. The lowest BCUT2D eigenvalue weighted by Gasteiger charge is -2.19. The van der Waals surface area contributed by atoms with Crippen molar-refractivity contribution < 1.29 is 14.3 Å². The van der Waals surface area contributed by atoms with E-state index < -0.39 is 0 Å². The third kappa shape index (κ3) is 13.7. The Morgan fingerprint density at radius 1 is 0.944 bits per heavy atom. The standard InChI is InChI=1S/C15H30O3/c1-5-11-17-12-7-6-9-14(16)10-8-13-18-15(2,3)4/h5-13H2,1-4H3. The summed E-state index contributed by atoms with van der Waals surface area (Å²) < 4.78 is 10.9. The van der Waals surface area contributed by atoms with E-state index in [1.54, 1.807) is 0 Å². The molecule has 0 radical (unpaired) electrons. The van der Waals surface area contributed by atoms with Crippen LogP contribution in [-0.4, -0.2) is 31.2 Å². The molecule has 0 aromatic heterocycles. The number of hydrogen-bond acceptors (Lipinski definition) is 3. The summed E-state index contributed by atoms with van der Waals surface area (Å²) in [6.45, 7) is 10.5. The highest BCUT2D eigenvalue weighted by Crippen LogP contribution is 2.09. The van der Waals surface area contributed by atoms with Gasteiger partial charge in [0.15, 0.2) is 0 Å². The van der Waals surface area contributed by atoms with E-state index >= 15 is 0 Å². The second-order valence-corrected chi connectivity index (χ2v) is 5.67. The molecule has 0 bridgehead atoms. The molecule has 0 N–H and O–H groups in total. The molecule has 0 aliphatic heterocycles. The maximum atomic E-state index is 11.6. The predicted molar refractivity (Wildman–Crippen MR) is 74.9 cm³/mol. The molecule has 3 nitrogen and oxygen atoms in total. The van der Waals surface area contributed by atoms with Crippen LogP contribution in [0.3, 0.4) is 0 Å². The van der Waals surface area contributed by atoms with Crippen molar-refractivity contribution >= 4 is 5.78 Å². The first kappa shape index (κ1) is 17.6. The average Bonchev–Trinajstić information content (AvgIpc) is 2.28. The topological polar surface area (TPSA) is 35.5 Å². The molecule has 0 unspecified atom stereocenters. The van der Waals surface area contributed by atoms with E-state index in [9.17, 15) is 4.79 Å². The summed E-state index contributed by atoms with van der Waals surface area (Å²) in [7, 11) is 0. The molecular weight excluding hydrogens is 228 g/mol. The number of carbonyl (C=O) groups is 1. The van der Waals surface area contributed by atoms with Gasteiger partial charge in [-0.05, 0) is 46.5 Å². The predicted octanol–water partition coefficient (Wildman–Crippen LogP) is 3.75. The number of Topliss-reactive ketones (excluding diaryl/α,β-unsaturated/α-hetero) is 1. The van der Waals surface area contributed by atoms with Gasteiger partial charge in [0.2, 0.25) is 0 Å². The highest BCUT2D eigenvalue weighted by molar-refractivity contribution is 5.78. The third-order valence-electron chi connectivity index (χ3n) is 2.48. The molecule has 0 rings (SSSR count). The van der Waals surface area contributed by atoms with Crippen LogP contribution in [0.1, 0.15) is 66.2 Å². The molecule has 0 aliphatic rings. The molecule has 0 atom stereocenters. The van der Waals surface area contributed by atoms with Crippen molar-refractivity contribution in [3.8, 4) is 0 Å². The molecule has 0 aliphatic carbocycles. The van der Waals surface area contributed by atoms with Crippen molar-refractivity contribution in [2.45, 2.75) is 71.8 Å². The lowest BCUT2D eigenvalue weighted by molar-refractivity contribution is -0.119. The van der Waals surface area contributed by atoms with Crippen molar-refractivity contribution in [3.05, 3.63) is 0 Å². The van der Waals surface area contributed by atoms with Crippen LogP contribution in [0, 0.1) is 0 Å². The van der Waals surface area contributed by atoms with Crippen molar-refractivity contribution in [3.63, 3.8) is 0 Å². The van der Waals surface area contributed by atoms with Crippen molar-refractivity contribution in [2.24, 2.45) is 0 Å². The summed E-state index contributed by atoms with van der Waals surface area (Å²) in [5.74, 6) is 0.350. The van der Waals surface area contributed by atoms with E-state index in [4.69, 9.17) is 9.47 Å². The summed E-state index contributed by atoms with van der Waals surface area (Å²) in [4.78, 5) is 11.6. The van der Waals surface area contributed by atoms with Gasteiger partial charge < -0.3 is 9.47 Å². The van der Waals surface area contributed by atoms with Crippen molar-refractivity contribution in [1.82, 2.24) is 0 Å². The van der Waals surface area contributed by atoms with Gasteiger partial charge in [0.1, 0.15) is 5.78 Å². The van der Waals surface area contributed by atoms with Gasteiger partial charge in [-0.2, -0.15) is 0 Å². The monoisotopic (exact) mass is 258 g/mol. The number of ketones is 1. The minimum Gasteiger partial charge on any atom is -0.381 e. The third-order valence-corrected chi connectivity index (χ3v) is 2.48. The lowest BCUT2D eigenvalue weighted by Crippen LogP contribution is -2.20. The van der Waals surface area contributed by atoms with Gasteiger partial charge in [-0.15, -0.1) is 0 Å². The zero-order valence-electron chi connectivity index (χ0n) is 12.6. The fourth-order valence-electron chi connectivity index (χ4n) is 1.55. The Morgan fingerprint density at radius 2 is 1.61 bits per heavy atom. The van der Waals surface area contributed by atoms with Crippen molar-refractivity contribution in [1.29, 1.82) is 0 Å². The molecule has 0 saturated heterocycles. The van der Waals surface area contributed by atoms with Gasteiger partial charge in [-0.3, -0.25) is 4.79 Å². The minimum absolute atomic E-state index is 0.0976. The Morgan fingerprint density at radius 3 is 2.22 bits per heavy atom. The molecule has 0 aromatic rings. The first-order valence-electron chi connectivity index (χ1n) is 7.19. The van der Waals surface area contributed by atoms with Crippen LogP contribution in [0.25, 0.3) is 0 Å². The Labute approximate surface area is 112 Å². The highest BCUT2D eigenvalue weighted by atomic mass is 16.5. The van der Waals surface area contributed by atoms with Crippen LogP contribution in [0.4, 0.5) is 0 Å². The Kier molecular flexibility index (Phi) is 10.3. The van der Waals surface area contributed by atoms with E-state index in [2.05, 4.69) is 6.92 Å². The van der Waals surface area contributed by atoms with E-state index in [0.717, 1.165) is 38.9 Å².